The lowest BCUT2D eigenvalue weighted by Gasteiger charge is -2.46. The predicted molar refractivity (Wildman–Crippen MR) is 132 cm³/mol. The third kappa shape index (κ3) is 4.80. The van der Waals surface area contributed by atoms with Crippen molar-refractivity contribution in [3.63, 3.8) is 0 Å². The number of hydrogen-bond donors (Lipinski definition) is 1. The van der Waals surface area contributed by atoms with E-state index in [2.05, 4.69) is 23.3 Å². The third-order valence-corrected chi connectivity index (χ3v) is 7.83. The van der Waals surface area contributed by atoms with Crippen molar-refractivity contribution in [2.75, 3.05) is 33.2 Å². The van der Waals surface area contributed by atoms with Gasteiger partial charge in [0.25, 0.3) is 5.91 Å². The van der Waals surface area contributed by atoms with Gasteiger partial charge in [0.2, 0.25) is 5.91 Å². The molecule has 0 aromatic heterocycles. The molecule has 34 heavy (non-hydrogen) atoms. The number of carbonyl (C=O) groups is 2. The number of piperidine rings is 2. The topological polar surface area (TPSA) is 61.9 Å². The smallest absolute Gasteiger partial charge is 0.253 e. The monoisotopic (exact) mass is 481 g/mol. The number of likely N-dealkylation sites (tertiary alicyclic amines) is 2. The molecular formula is C27H32ClN3O3. The molecule has 0 unspecified atom stereocenters. The lowest BCUT2D eigenvalue weighted by molar-refractivity contribution is -0.128. The van der Waals surface area contributed by atoms with Crippen molar-refractivity contribution in [3.8, 4) is 5.75 Å². The minimum Gasteiger partial charge on any atom is -0.487 e. The largest absolute Gasteiger partial charge is 0.487 e. The minimum absolute atomic E-state index is 0.0263. The fraction of sp³-hybridized carbons (Fsp3) is 0.481. The zero-order chi connectivity index (χ0) is 23.7. The van der Waals surface area contributed by atoms with Gasteiger partial charge in [0.05, 0.1) is 12.0 Å². The Morgan fingerprint density at radius 3 is 2.56 bits per heavy atom. The standard InChI is InChI=1S/C27H32ClN3O3/c1-30-15-12-27(13-16-30)17-23(22-6-2-3-7-24(22)34-27)29-25(32)20-5-4-14-31(18-20)26(33)19-8-10-21(28)11-9-19/h2-3,6-11,20,23H,4-5,12-18H2,1H3,(H,29,32)/t20-,23+/m0/s1. The van der Waals surface area contributed by atoms with Crippen molar-refractivity contribution in [1.82, 2.24) is 15.1 Å². The van der Waals surface area contributed by atoms with Crippen molar-refractivity contribution in [3.05, 3.63) is 64.7 Å². The fourth-order valence-electron chi connectivity index (χ4n) is 5.52. The molecular weight excluding hydrogens is 450 g/mol. The fourth-order valence-corrected chi connectivity index (χ4v) is 5.65. The number of rotatable bonds is 3. The van der Waals surface area contributed by atoms with Crippen LogP contribution in [-0.2, 0) is 4.79 Å². The van der Waals surface area contributed by atoms with Gasteiger partial charge in [0.1, 0.15) is 11.4 Å². The predicted octanol–water partition coefficient (Wildman–Crippen LogP) is 4.30. The maximum Gasteiger partial charge on any atom is 0.253 e. The number of nitrogens with one attached hydrogen (secondary N) is 1. The quantitative estimate of drug-likeness (QED) is 0.710. The number of ether oxygens (including phenoxy) is 1. The number of para-hydroxylation sites is 1. The lowest BCUT2D eigenvalue weighted by Crippen LogP contribution is -2.52. The summed E-state index contributed by atoms with van der Waals surface area (Å²) in [6.07, 6.45) is 4.30. The van der Waals surface area contributed by atoms with E-state index in [1.165, 1.54) is 0 Å². The Morgan fingerprint density at radius 1 is 1.06 bits per heavy atom. The second-order valence-electron chi connectivity index (χ2n) is 9.99. The summed E-state index contributed by atoms with van der Waals surface area (Å²) < 4.78 is 6.53. The number of halogens is 1. The summed E-state index contributed by atoms with van der Waals surface area (Å²) in [7, 11) is 2.14. The molecule has 3 heterocycles. The van der Waals surface area contributed by atoms with Crippen LogP contribution in [0.2, 0.25) is 5.02 Å². The van der Waals surface area contributed by atoms with Gasteiger partial charge < -0.3 is 19.9 Å². The Hall–Kier alpha value is -2.57. The van der Waals surface area contributed by atoms with Crippen LogP contribution in [0.1, 0.15) is 54.1 Å². The first-order valence-corrected chi connectivity index (χ1v) is 12.6. The van der Waals surface area contributed by atoms with Crippen LogP contribution in [0.25, 0.3) is 0 Å². The van der Waals surface area contributed by atoms with Gasteiger partial charge in [-0.3, -0.25) is 9.59 Å². The van der Waals surface area contributed by atoms with E-state index >= 15 is 0 Å². The molecule has 7 heteroatoms. The van der Waals surface area contributed by atoms with E-state index in [9.17, 15) is 9.59 Å². The zero-order valence-electron chi connectivity index (χ0n) is 19.6. The highest BCUT2D eigenvalue weighted by molar-refractivity contribution is 6.30. The number of benzene rings is 2. The molecule has 2 atom stereocenters. The van der Waals surface area contributed by atoms with E-state index in [0.717, 1.165) is 56.5 Å². The Morgan fingerprint density at radius 2 is 1.79 bits per heavy atom. The van der Waals surface area contributed by atoms with Crippen LogP contribution in [0.4, 0.5) is 0 Å². The molecule has 0 bridgehead atoms. The molecule has 5 rings (SSSR count). The maximum absolute atomic E-state index is 13.4. The summed E-state index contributed by atoms with van der Waals surface area (Å²) in [6, 6.07) is 14.9. The lowest BCUT2D eigenvalue weighted by atomic mass is 9.80. The highest BCUT2D eigenvalue weighted by Gasteiger charge is 2.43. The van der Waals surface area contributed by atoms with Crippen LogP contribution in [0.5, 0.6) is 5.75 Å². The van der Waals surface area contributed by atoms with Gasteiger partial charge in [-0.25, -0.2) is 0 Å². The van der Waals surface area contributed by atoms with Gasteiger partial charge in [-0.2, -0.15) is 0 Å². The molecule has 2 saturated heterocycles. The zero-order valence-corrected chi connectivity index (χ0v) is 20.4. The Labute approximate surface area is 206 Å². The molecule has 3 aliphatic rings. The second-order valence-corrected chi connectivity index (χ2v) is 10.4. The molecule has 0 saturated carbocycles. The van der Waals surface area contributed by atoms with Gasteiger partial charge in [-0.15, -0.1) is 0 Å². The van der Waals surface area contributed by atoms with Crippen molar-refractivity contribution in [1.29, 1.82) is 0 Å². The summed E-state index contributed by atoms with van der Waals surface area (Å²) in [4.78, 5) is 30.6. The van der Waals surface area contributed by atoms with E-state index in [1.54, 1.807) is 29.2 Å². The summed E-state index contributed by atoms with van der Waals surface area (Å²) in [6.45, 7) is 3.09. The van der Waals surface area contributed by atoms with E-state index in [-0.39, 0.29) is 29.4 Å². The number of fused-ring (bicyclic) bond motifs is 1. The molecule has 1 spiro atoms. The molecule has 3 aliphatic heterocycles. The van der Waals surface area contributed by atoms with E-state index in [0.29, 0.717) is 23.7 Å². The molecule has 0 aliphatic carbocycles. The van der Waals surface area contributed by atoms with Gasteiger partial charge in [-0.05, 0) is 63.1 Å². The highest BCUT2D eigenvalue weighted by atomic mass is 35.5. The van der Waals surface area contributed by atoms with Crippen molar-refractivity contribution < 1.29 is 14.3 Å². The van der Waals surface area contributed by atoms with Crippen molar-refractivity contribution in [2.24, 2.45) is 5.92 Å². The van der Waals surface area contributed by atoms with Crippen LogP contribution in [0.15, 0.2) is 48.5 Å². The van der Waals surface area contributed by atoms with Gasteiger partial charge in [0, 0.05) is 48.7 Å². The second kappa shape index (κ2) is 9.59. The normalized spacial score (nSPS) is 24.2. The average molecular weight is 482 g/mol. The van der Waals surface area contributed by atoms with Gasteiger partial charge in [0.15, 0.2) is 0 Å². The van der Waals surface area contributed by atoms with Gasteiger partial charge >= 0.3 is 0 Å². The van der Waals surface area contributed by atoms with Crippen LogP contribution in [0, 0.1) is 5.92 Å². The molecule has 2 fully saturated rings. The number of hydrogen-bond acceptors (Lipinski definition) is 4. The molecule has 180 valence electrons. The molecule has 0 radical (unpaired) electrons. The van der Waals surface area contributed by atoms with E-state index in [1.807, 2.05) is 18.2 Å². The molecule has 2 amide bonds. The first-order valence-electron chi connectivity index (χ1n) is 12.2. The Balaban J connectivity index is 1.29. The molecule has 1 N–H and O–H groups in total. The van der Waals surface area contributed by atoms with Crippen LogP contribution in [-0.4, -0.2) is 60.4 Å². The maximum atomic E-state index is 13.4. The Kier molecular flexibility index (Phi) is 6.54. The van der Waals surface area contributed by atoms with E-state index in [4.69, 9.17) is 16.3 Å². The molecule has 6 nitrogen and oxygen atoms in total. The van der Waals surface area contributed by atoms with E-state index < -0.39 is 0 Å². The minimum atomic E-state index is -0.234. The average Bonchev–Trinajstić information content (AvgIpc) is 2.86. The summed E-state index contributed by atoms with van der Waals surface area (Å²) >= 11 is 5.97. The number of amides is 2. The van der Waals surface area contributed by atoms with Gasteiger partial charge in [-0.1, -0.05) is 29.8 Å². The SMILES string of the molecule is CN1CCC2(CC1)C[C@@H](NC(=O)[C@H]1CCCN(C(=O)c3ccc(Cl)cc3)C1)c1ccccc1O2. The number of nitrogens with zero attached hydrogens (tertiary/aromatic N) is 2. The van der Waals surface area contributed by atoms with Crippen LogP contribution in [0.3, 0.4) is 0 Å². The Bertz CT molecular complexity index is 1050. The van der Waals surface area contributed by atoms with Crippen LogP contribution < -0.4 is 10.1 Å². The van der Waals surface area contributed by atoms with Crippen molar-refractivity contribution >= 4 is 23.4 Å². The molecule has 2 aromatic carbocycles. The third-order valence-electron chi connectivity index (χ3n) is 7.58. The summed E-state index contributed by atoms with van der Waals surface area (Å²) in [5, 5.41) is 3.95. The summed E-state index contributed by atoms with van der Waals surface area (Å²) in [5.74, 6) is 0.648. The molecule has 2 aromatic rings. The summed E-state index contributed by atoms with van der Waals surface area (Å²) in [5.41, 5.74) is 1.42. The first-order chi connectivity index (χ1) is 16.4. The number of carbonyl (C=O) groups excluding carboxylic acids is 2. The van der Waals surface area contributed by atoms with Crippen LogP contribution >= 0.6 is 11.6 Å². The highest BCUT2D eigenvalue weighted by Crippen LogP contribution is 2.44. The first kappa shape index (κ1) is 23.2. The van der Waals surface area contributed by atoms with Crippen molar-refractivity contribution in [2.45, 2.75) is 43.7 Å².